The van der Waals surface area contributed by atoms with Gasteiger partial charge in [0.1, 0.15) is 5.82 Å². The van der Waals surface area contributed by atoms with Gasteiger partial charge in [0.15, 0.2) is 0 Å². The van der Waals surface area contributed by atoms with Crippen molar-refractivity contribution < 1.29 is 4.39 Å². The maximum Gasteiger partial charge on any atom is 0.123 e. The van der Waals surface area contributed by atoms with Crippen molar-refractivity contribution in [3.05, 3.63) is 72.3 Å². The summed E-state index contributed by atoms with van der Waals surface area (Å²) < 4.78 is 13.1. The molecule has 0 bridgehead atoms. The number of rotatable bonds is 5. The summed E-state index contributed by atoms with van der Waals surface area (Å²) in [5, 5.41) is 0. The van der Waals surface area contributed by atoms with E-state index in [1.807, 2.05) is 37.4 Å². The Hall–Kier alpha value is -2.16. The van der Waals surface area contributed by atoms with Gasteiger partial charge in [0.2, 0.25) is 0 Å². The lowest BCUT2D eigenvalue weighted by atomic mass is 10.1. The summed E-state index contributed by atoms with van der Waals surface area (Å²) in [5.74, 6) is -0.214. The van der Waals surface area contributed by atoms with Crippen molar-refractivity contribution in [1.82, 2.24) is 4.98 Å². The molecule has 1 unspecified atom stereocenters. The van der Waals surface area contributed by atoms with E-state index in [0.717, 1.165) is 17.8 Å². The van der Waals surface area contributed by atoms with Gasteiger partial charge in [0, 0.05) is 24.6 Å². The molecule has 20 heavy (non-hydrogen) atoms. The van der Waals surface area contributed by atoms with Crippen LogP contribution < -0.4 is 4.90 Å². The second kappa shape index (κ2) is 6.85. The fraction of sp³-hybridized carbons (Fsp3) is 0.235. The predicted octanol–water partition coefficient (Wildman–Crippen LogP) is 4.36. The molecule has 1 aromatic heterocycles. The maximum absolute atomic E-state index is 13.1. The number of benzene rings is 1. The number of anilines is 1. The van der Waals surface area contributed by atoms with E-state index in [9.17, 15) is 4.39 Å². The fourth-order valence-corrected chi connectivity index (χ4v) is 2.14. The Kier molecular flexibility index (Phi) is 4.88. The van der Waals surface area contributed by atoms with Gasteiger partial charge >= 0.3 is 0 Å². The van der Waals surface area contributed by atoms with Gasteiger partial charge in [-0.3, -0.25) is 4.98 Å². The van der Waals surface area contributed by atoms with E-state index < -0.39 is 0 Å². The first-order valence-corrected chi connectivity index (χ1v) is 6.75. The van der Waals surface area contributed by atoms with Gasteiger partial charge in [0.05, 0.1) is 6.04 Å². The molecule has 0 radical (unpaired) electrons. The third-order valence-corrected chi connectivity index (χ3v) is 3.33. The summed E-state index contributed by atoms with van der Waals surface area (Å²) in [6.45, 7) is 4.90. The lowest BCUT2D eigenvalue weighted by Crippen LogP contribution is -2.27. The molecule has 0 aliphatic heterocycles. The molecule has 2 nitrogen and oxygen atoms in total. The molecule has 0 saturated heterocycles. The van der Waals surface area contributed by atoms with Crippen LogP contribution in [-0.4, -0.2) is 11.5 Å². The van der Waals surface area contributed by atoms with Crippen LogP contribution in [0.3, 0.4) is 0 Å². The van der Waals surface area contributed by atoms with Crippen molar-refractivity contribution in [2.24, 2.45) is 0 Å². The van der Waals surface area contributed by atoms with Crippen LogP contribution in [0.15, 0.2) is 60.9 Å². The van der Waals surface area contributed by atoms with Gasteiger partial charge < -0.3 is 4.90 Å². The Morgan fingerprint density at radius 1 is 1.25 bits per heavy atom. The van der Waals surface area contributed by atoms with Gasteiger partial charge in [-0.15, -0.1) is 0 Å². The van der Waals surface area contributed by atoms with E-state index >= 15 is 0 Å². The molecule has 104 valence electrons. The number of halogens is 1. The van der Waals surface area contributed by atoms with Crippen molar-refractivity contribution in [3.63, 3.8) is 0 Å². The zero-order valence-corrected chi connectivity index (χ0v) is 11.8. The minimum atomic E-state index is -0.214. The molecule has 0 N–H and O–H groups in total. The van der Waals surface area contributed by atoms with Crippen LogP contribution in [0.1, 0.15) is 25.5 Å². The summed E-state index contributed by atoms with van der Waals surface area (Å²) in [4.78, 5) is 6.39. The molecule has 0 fully saturated rings. The molecule has 0 spiro atoms. The zero-order chi connectivity index (χ0) is 14.4. The van der Waals surface area contributed by atoms with Gasteiger partial charge in [-0.2, -0.15) is 0 Å². The van der Waals surface area contributed by atoms with E-state index in [2.05, 4.69) is 29.0 Å². The summed E-state index contributed by atoms with van der Waals surface area (Å²) >= 11 is 0. The first-order chi connectivity index (χ1) is 9.72. The quantitative estimate of drug-likeness (QED) is 0.750. The number of pyridine rings is 1. The fourth-order valence-electron chi connectivity index (χ4n) is 2.14. The predicted molar refractivity (Wildman–Crippen MR) is 81.2 cm³/mol. The molecular weight excluding hydrogens is 251 g/mol. The molecule has 0 aliphatic carbocycles. The van der Waals surface area contributed by atoms with Crippen LogP contribution in [-0.2, 0) is 0 Å². The second-order valence-corrected chi connectivity index (χ2v) is 4.66. The van der Waals surface area contributed by atoms with E-state index in [0.29, 0.717) is 0 Å². The minimum Gasteiger partial charge on any atom is -0.361 e. The van der Waals surface area contributed by atoms with E-state index in [-0.39, 0.29) is 11.9 Å². The van der Waals surface area contributed by atoms with Crippen LogP contribution in [0.5, 0.6) is 0 Å². The summed E-state index contributed by atoms with van der Waals surface area (Å²) in [5.41, 5.74) is 2.14. The van der Waals surface area contributed by atoms with Crippen LogP contribution >= 0.6 is 0 Å². The molecule has 0 amide bonds. The Morgan fingerprint density at radius 3 is 2.60 bits per heavy atom. The number of hydrogen-bond donors (Lipinski definition) is 0. The van der Waals surface area contributed by atoms with Crippen LogP contribution in [0, 0.1) is 5.82 Å². The highest BCUT2D eigenvalue weighted by molar-refractivity contribution is 5.49. The second-order valence-electron chi connectivity index (χ2n) is 4.66. The molecule has 1 atom stereocenters. The molecule has 0 saturated carbocycles. The maximum atomic E-state index is 13.1. The summed E-state index contributed by atoms with van der Waals surface area (Å²) in [6.07, 6.45) is 7.75. The Labute approximate surface area is 119 Å². The SMILES string of the molecule is C/C=C/CN(c1ccc(F)cc1)C(C)c1cccnc1. The van der Waals surface area contributed by atoms with Gasteiger partial charge in [0.25, 0.3) is 0 Å². The third kappa shape index (κ3) is 3.44. The molecule has 0 aliphatic rings. The molecule has 1 aromatic carbocycles. The number of allylic oxidation sites excluding steroid dienone is 1. The average Bonchev–Trinajstić information content (AvgIpc) is 2.50. The number of hydrogen-bond acceptors (Lipinski definition) is 2. The monoisotopic (exact) mass is 270 g/mol. The number of aromatic nitrogens is 1. The topological polar surface area (TPSA) is 16.1 Å². The largest absolute Gasteiger partial charge is 0.361 e. The van der Waals surface area contributed by atoms with Crippen molar-refractivity contribution >= 4 is 5.69 Å². The van der Waals surface area contributed by atoms with Crippen LogP contribution in [0.4, 0.5) is 10.1 Å². The summed E-state index contributed by atoms with van der Waals surface area (Å²) in [7, 11) is 0. The highest BCUT2D eigenvalue weighted by Crippen LogP contribution is 2.26. The highest BCUT2D eigenvalue weighted by Gasteiger charge is 2.15. The molecule has 2 aromatic rings. The zero-order valence-electron chi connectivity index (χ0n) is 11.8. The first kappa shape index (κ1) is 14.3. The standard InChI is InChI=1S/C17H19FN2/c1-3-4-12-20(17-9-7-16(18)8-10-17)14(2)15-6-5-11-19-13-15/h3-11,13-14H,12H2,1-2H3/b4-3+. The van der Waals surface area contributed by atoms with Crippen molar-refractivity contribution in [3.8, 4) is 0 Å². The molecule has 3 heteroatoms. The van der Waals surface area contributed by atoms with Gasteiger partial charge in [-0.25, -0.2) is 4.39 Å². The van der Waals surface area contributed by atoms with E-state index in [1.165, 1.54) is 12.1 Å². The lowest BCUT2D eigenvalue weighted by molar-refractivity contribution is 0.626. The highest BCUT2D eigenvalue weighted by atomic mass is 19.1. The van der Waals surface area contributed by atoms with Gasteiger partial charge in [-0.05, 0) is 49.7 Å². The minimum absolute atomic E-state index is 0.172. The first-order valence-electron chi connectivity index (χ1n) is 6.75. The average molecular weight is 270 g/mol. The lowest BCUT2D eigenvalue weighted by Gasteiger charge is -2.30. The van der Waals surface area contributed by atoms with Crippen LogP contribution in [0.2, 0.25) is 0 Å². The van der Waals surface area contributed by atoms with Crippen LogP contribution in [0.25, 0.3) is 0 Å². The molecule has 2 rings (SSSR count). The van der Waals surface area contributed by atoms with Crippen molar-refractivity contribution in [1.29, 1.82) is 0 Å². The van der Waals surface area contributed by atoms with Gasteiger partial charge in [-0.1, -0.05) is 18.2 Å². The van der Waals surface area contributed by atoms with Crippen molar-refractivity contribution in [2.45, 2.75) is 19.9 Å². The Morgan fingerprint density at radius 2 is 2.00 bits per heavy atom. The third-order valence-electron chi connectivity index (χ3n) is 3.33. The number of nitrogens with zero attached hydrogens (tertiary/aromatic N) is 2. The Balaban J connectivity index is 2.29. The van der Waals surface area contributed by atoms with E-state index in [1.54, 1.807) is 6.20 Å². The molecular formula is C17H19FN2. The van der Waals surface area contributed by atoms with E-state index in [4.69, 9.17) is 0 Å². The normalized spacial score (nSPS) is 12.6. The summed E-state index contributed by atoms with van der Waals surface area (Å²) in [6, 6.07) is 10.8. The molecule has 1 heterocycles. The van der Waals surface area contributed by atoms with Crippen molar-refractivity contribution in [2.75, 3.05) is 11.4 Å². The Bertz CT molecular complexity index is 549. The smallest absolute Gasteiger partial charge is 0.123 e.